The van der Waals surface area contributed by atoms with Crippen molar-refractivity contribution in [2.75, 3.05) is 6.61 Å². The van der Waals surface area contributed by atoms with Crippen molar-refractivity contribution in [2.24, 2.45) is 5.92 Å². The smallest absolute Gasteiger partial charge is 0.165 e. The summed E-state index contributed by atoms with van der Waals surface area (Å²) in [5.41, 5.74) is 1.17. The fourth-order valence-corrected chi connectivity index (χ4v) is 4.04. The van der Waals surface area contributed by atoms with E-state index in [1.54, 1.807) is 6.07 Å². The zero-order valence-corrected chi connectivity index (χ0v) is 16.4. The van der Waals surface area contributed by atoms with Gasteiger partial charge in [0, 0.05) is 0 Å². The molecule has 0 saturated heterocycles. The van der Waals surface area contributed by atoms with Gasteiger partial charge in [0.15, 0.2) is 11.6 Å². The standard InChI is InChI=1S/C23H37FO/c1-3-5-7-8-9-10-19-11-13-20(14-12-19)21-15-16-23(22(24)18-21)25-17-6-4-2/h15-16,18-20H,3-14,17H2,1-2H3/t19-,20-. The Kier molecular flexibility index (Phi) is 9.36. The van der Waals surface area contributed by atoms with Crippen LogP contribution in [-0.4, -0.2) is 6.61 Å². The van der Waals surface area contributed by atoms with Gasteiger partial charge in [0.25, 0.3) is 0 Å². The summed E-state index contributed by atoms with van der Waals surface area (Å²) in [4.78, 5) is 0. The predicted molar refractivity (Wildman–Crippen MR) is 105 cm³/mol. The van der Waals surface area contributed by atoms with Gasteiger partial charge in [0.2, 0.25) is 0 Å². The minimum atomic E-state index is -0.188. The van der Waals surface area contributed by atoms with Crippen LogP contribution in [0.3, 0.4) is 0 Å². The van der Waals surface area contributed by atoms with Crippen LogP contribution in [-0.2, 0) is 0 Å². The first-order valence-electron chi connectivity index (χ1n) is 10.7. The van der Waals surface area contributed by atoms with E-state index < -0.39 is 0 Å². The highest BCUT2D eigenvalue weighted by Gasteiger charge is 2.22. The number of unbranched alkanes of at least 4 members (excludes halogenated alkanes) is 5. The van der Waals surface area contributed by atoms with Crippen LogP contribution < -0.4 is 4.74 Å². The Labute approximate surface area is 154 Å². The molecule has 0 aliphatic heterocycles. The van der Waals surface area contributed by atoms with E-state index in [-0.39, 0.29) is 5.82 Å². The molecule has 0 bridgehead atoms. The van der Waals surface area contributed by atoms with Gasteiger partial charge in [-0.15, -0.1) is 0 Å². The topological polar surface area (TPSA) is 9.23 Å². The summed E-state index contributed by atoms with van der Waals surface area (Å²) < 4.78 is 19.8. The molecule has 1 aliphatic rings. The average Bonchev–Trinajstić information content (AvgIpc) is 2.63. The normalized spacial score (nSPS) is 20.6. The molecular weight excluding hydrogens is 311 g/mol. The minimum absolute atomic E-state index is 0.188. The first-order valence-corrected chi connectivity index (χ1v) is 10.7. The lowest BCUT2D eigenvalue weighted by Gasteiger charge is -2.29. The zero-order valence-electron chi connectivity index (χ0n) is 16.4. The Hall–Kier alpha value is -1.05. The number of halogens is 1. The van der Waals surface area contributed by atoms with Crippen LogP contribution in [0.1, 0.15) is 102 Å². The quantitative estimate of drug-likeness (QED) is 0.373. The van der Waals surface area contributed by atoms with Crippen molar-refractivity contribution in [2.45, 2.75) is 96.8 Å². The van der Waals surface area contributed by atoms with E-state index in [1.807, 2.05) is 6.07 Å². The van der Waals surface area contributed by atoms with E-state index in [0.29, 0.717) is 18.3 Å². The Balaban J connectivity index is 1.73. The maximum absolute atomic E-state index is 14.3. The van der Waals surface area contributed by atoms with Gasteiger partial charge in [0.1, 0.15) is 0 Å². The third-order valence-electron chi connectivity index (χ3n) is 5.75. The van der Waals surface area contributed by atoms with E-state index in [2.05, 4.69) is 19.9 Å². The molecule has 0 spiro atoms. The van der Waals surface area contributed by atoms with E-state index in [0.717, 1.165) is 18.8 Å². The monoisotopic (exact) mass is 348 g/mol. The van der Waals surface area contributed by atoms with E-state index in [4.69, 9.17) is 4.74 Å². The third kappa shape index (κ3) is 6.99. The van der Waals surface area contributed by atoms with Crippen LogP contribution in [0.15, 0.2) is 18.2 Å². The molecule has 2 rings (SSSR count). The van der Waals surface area contributed by atoms with E-state index >= 15 is 0 Å². The summed E-state index contributed by atoms with van der Waals surface area (Å²) in [6.45, 7) is 4.99. The van der Waals surface area contributed by atoms with Crippen molar-refractivity contribution in [3.05, 3.63) is 29.6 Å². The fraction of sp³-hybridized carbons (Fsp3) is 0.739. The molecule has 0 unspecified atom stereocenters. The summed E-state index contributed by atoms with van der Waals surface area (Å²) in [7, 11) is 0. The summed E-state index contributed by atoms with van der Waals surface area (Å²) in [5, 5.41) is 0. The van der Waals surface area contributed by atoms with Crippen LogP contribution in [0.5, 0.6) is 5.75 Å². The molecule has 1 aliphatic carbocycles. The lowest BCUT2D eigenvalue weighted by Crippen LogP contribution is -2.13. The number of rotatable bonds is 11. The summed E-state index contributed by atoms with van der Waals surface area (Å²) >= 11 is 0. The Morgan fingerprint density at radius 1 is 0.920 bits per heavy atom. The van der Waals surface area contributed by atoms with Crippen molar-refractivity contribution in [1.29, 1.82) is 0 Å². The van der Waals surface area contributed by atoms with Gasteiger partial charge >= 0.3 is 0 Å². The minimum Gasteiger partial charge on any atom is -0.491 e. The Morgan fingerprint density at radius 2 is 1.64 bits per heavy atom. The number of benzene rings is 1. The van der Waals surface area contributed by atoms with Crippen molar-refractivity contribution < 1.29 is 9.13 Å². The SMILES string of the molecule is CCCCCCC[C@H]1CC[C@H](c2ccc(OCCCC)c(F)c2)CC1. The second kappa shape index (κ2) is 11.5. The van der Waals surface area contributed by atoms with Gasteiger partial charge < -0.3 is 4.74 Å². The second-order valence-corrected chi connectivity index (χ2v) is 7.81. The molecular formula is C23H37FO. The van der Waals surface area contributed by atoms with Crippen molar-refractivity contribution in [3.8, 4) is 5.75 Å². The molecule has 1 fully saturated rings. The molecule has 0 atom stereocenters. The van der Waals surface area contributed by atoms with Gasteiger partial charge in [0.05, 0.1) is 6.61 Å². The highest BCUT2D eigenvalue weighted by atomic mass is 19.1. The molecule has 0 heterocycles. The number of hydrogen-bond donors (Lipinski definition) is 0. The first kappa shape index (κ1) is 20.3. The van der Waals surface area contributed by atoms with Gasteiger partial charge in [-0.05, 0) is 61.6 Å². The van der Waals surface area contributed by atoms with Gasteiger partial charge in [-0.2, -0.15) is 0 Å². The molecule has 25 heavy (non-hydrogen) atoms. The average molecular weight is 349 g/mol. The van der Waals surface area contributed by atoms with Crippen LogP contribution in [0, 0.1) is 11.7 Å². The molecule has 1 nitrogen and oxygen atoms in total. The molecule has 0 amide bonds. The molecule has 2 heteroatoms. The molecule has 142 valence electrons. The van der Waals surface area contributed by atoms with E-state index in [1.165, 1.54) is 69.8 Å². The lowest BCUT2D eigenvalue weighted by atomic mass is 9.77. The first-order chi connectivity index (χ1) is 12.2. The van der Waals surface area contributed by atoms with Crippen molar-refractivity contribution in [3.63, 3.8) is 0 Å². The third-order valence-corrected chi connectivity index (χ3v) is 5.75. The lowest BCUT2D eigenvalue weighted by molar-refractivity contribution is 0.291. The molecule has 0 aromatic heterocycles. The molecule has 0 radical (unpaired) electrons. The van der Waals surface area contributed by atoms with Crippen LogP contribution in [0.4, 0.5) is 4.39 Å². The van der Waals surface area contributed by atoms with Gasteiger partial charge in [-0.3, -0.25) is 0 Å². The number of ether oxygens (including phenoxy) is 1. The van der Waals surface area contributed by atoms with Gasteiger partial charge in [-0.1, -0.05) is 64.9 Å². The van der Waals surface area contributed by atoms with E-state index in [9.17, 15) is 4.39 Å². The largest absolute Gasteiger partial charge is 0.491 e. The highest BCUT2D eigenvalue weighted by molar-refractivity contribution is 5.31. The van der Waals surface area contributed by atoms with Crippen LogP contribution >= 0.6 is 0 Å². The molecule has 1 saturated carbocycles. The second-order valence-electron chi connectivity index (χ2n) is 7.81. The Bertz CT molecular complexity index is 477. The maximum atomic E-state index is 14.3. The predicted octanol–water partition coefficient (Wildman–Crippen LogP) is 7.64. The zero-order chi connectivity index (χ0) is 17.9. The van der Waals surface area contributed by atoms with Gasteiger partial charge in [-0.25, -0.2) is 4.39 Å². The van der Waals surface area contributed by atoms with Crippen molar-refractivity contribution >= 4 is 0 Å². The summed E-state index contributed by atoms with van der Waals surface area (Å²) in [6.07, 6.45) is 15.4. The van der Waals surface area contributed by atoms with Crippen LogP contribution in [0.2, 0.25) is 0 Å². The maximum Gasteiger partial charge on any atom is 0.165 e. The Morgan fingerprint density at radius 3 is 2.32 bits per heavy atom. The van der Waals surface area contributed by atoms with Crippen LogP contribution in [0.25, 0.3) is 0 Å². The summed E-state index contributed by atoms with van der Waals surface area (Å²) in [6, 6.07) is 5.64. The highest BCUT2D eigenvalue weighted by Crippen LogP contribution is 2.38. The molecule has 1 aromatic rings. The summed E-state index contributed by atoms with van der Waals surface area (Å²) in [5.74, 6) is 1.67. The van der Waals surface area contributed by atoms with Crippen molar-refractivity contribution in [1.82, 2.24) is 0 Å². The fourth-order valence-electron chi connectivity index (χ4n) is 4.04. The molecule has 0 N–H and O–H groups in total. The molecule has 1 aromatic carbocycles. The number of hydrogen-bond acceptors (Lipinski definition) is 1.